The molecular formula is C26H18Cl3N3O. The molecule has 0 saturated heterocycles. The molecule has 0 spiro atoms. The van der Waals surface area contributed by atoms with Gasteiger partial charge in [-0.15, -0.1) is 0 Å². The number of fused-ring (bicyclic) bond motifs is 1. The molecule has 164 valence electrons. The Hall–Kier alpha value is -2.92. The quantitative estimate of drug-likeness (QED) is 0.327. The highest BCUT2D eigenvalue weighted by Crippen LogP contribution is 2.36. The van der Waals surface area contributed by atoms with Gasteiger partial charge >= 0.3 is 0 Å². The summed E-state index contributed by atoms with van der Waals surface area (Å²) >= 11 is 18.7. The van der Waals surface area contributed by atoms with E-state index in [0.717, 1.165) is 29.5 Å². The van der Waals surface area contributed by atoms with E-state index in [9.17, 15) is 4.79 Å². The van der Waals surface area contributed by atoms with Crippen molar-refractivity contribution in [3.8, 4) is 22.4 Å². The number of halogens is 3. The van der Waals surface area contributed by atoms with Crippen molar-refractivity contribution < 1.29 is 4.79 Å². The Balaban J connectivity index is 1.54. The molecule has 7 heteroatoms. The monoisotopic (exact) mass is 493 g/mol. The number of hydrogen-bond acceptors (Lipinski definition) is 3. The fourth-order valence-electron chi connectivity index (χ4n) is 4.15. The van der Waals surface area contributed by atoms with Crippen LogP contribution in [-0.4, -0.2) is 15.9 Å². The summed E-state index contributed by atoms with van der Waals surface area (Å²) in [6.07, 6.45) is 3.43. The van der Waals surface area contributed by atoms with Gasteiger partial charge in [0.1, 0.15) is 0 Å². The SMILES string of the molecule is O=C(NC1CCc2ccccc21)c1ncc(-c2ccc(Cl)cc2)c(-c2ccc(Cl)cc2Cl)n1. The van der Waals surface area contributed by atoms with Crippen molar-refractivity contribution in [2.24, 2.45) is 0 Å². The summed E-state index contributed by atoms with van der Waals surface area (Å²) in [5, 5.41) is 4.66. The van der Waals surface area contributed by atoms with Crippen LogP contribution >= 0.6 is 34.8 Å². The van der Waals surface area contributed by atoms with Crippen molar-refractivity contribution in [1.82, 2.24) is 15.3 Å². The fourth-order valence-corrected chi connectivity index (χ4v) is 4.77. The molecule has 1 heterocycles. The molecule has 0 aliphatic heterocycles. The molecule has 0 bridgehead atoms. The van der Waals surface area contributed by atoms with Gasteiger partial charge in [0.25, 0.3) is 5.91 Å². The van der Waals surface area contributed by atoms with E-state index >= 15 is 0 Å². The number of nitrogens with zero attached hydrogens (tertiary/aromatic N) is 2. The maximum Gasteiger partial charge on any atom is 0.289 e. The molecule has 0 saturated carbocycles. The number of benzene rings is 3. The molecule has 0 fully saturated rings. The van der Waals surface area contributed by atoms with Crippen molar-refractivity contribution in [2.45, 2.75) is 18.9 Å². The molecular weight excluding hydrogens is 477 g/mol. The van der Waals surface area contributed by atoms with Crippen LogP contribution in [0.4, 0.5) is 0 Å². The highest BCUT2D eigenvalue weighted by atomic mass is 35.5. The summed E-state index contributed by atoms with van der Waals surface area (Å²) in [5.74, 6) is -0.246. The van der Waals surface area contributed by atoms with Gasteiger partial charge in [0, 0.05) is 27.4 Å². The topological polar surface area (TPSA) is 54.9 Å². The minimum Gasteiger partial charge on any atom is -0.342 e. The van der Waals surface area contributed by atoms with Gasteiger partial charge in [-0.3, -0.25) is 4.79 Å². The van der Waals surface area contributed by atoms with Gasteiger partial charge in [0.2, 0.25) is 5.82 Å². The fraction of sp³-hybridized carbons (Fsp3) is 0.115. The number of carbonyl (C=O) groups excluding carboxylic acids is 1. The normalized spacial score (nSPS) is 14.7. The number of hydrogen-bond donors (Lipinski definition) is 1. The zero-order valence-corrected chi connectivity index (χ0v) is 19.6. The van der Waals surface area contributed by atoms with E-state index in [-0.39, 0.29) is 17.8 Å². The first-order valence-corrected chi connectivity index (χ1v) is 11.6. The summed E-state index contributed by atoms with van der Waals surface area (Å²) in [5.41, 5.74) is 5.20. The van der Waals surface area contributed by atoms with Gasteiger partial charge in [-0.2, -0.15) is 0 Å². The zero-order chi connectivity index (χ0) is 22.9. The lowest BCUT2D eigenvalue weighted by atomic mass is 10.0. The molecule has 33 heavy (non-hydrogen) atoms. The lowest BCUT2D eigenvalue weighted by Gasteiger charge is -2.15. The van der Waals surface area contributed by atoms with E-state index < -0.39 is 0 Å². The predicted octanol–water partition coefficient (Wildman–Crippen LogP) is 7.19. The van der Waals surface area contributed by atoms with Crippen LogP contribution in [0.1, 0.15) is 34.2 Å². The largest absolute Gasteiger partial charge is 0.342 e. The third-order valence-electron chi connectivity index (χ3n) is 5.77. The van der Waals surface area contributed by atoms with E-state index in [1.807, 2.05) is 24.3 Å². The van der Waals surface area contributed by atoms with Crippen LogP contribution < -0.4 is 5.32 Å². The maximum absolute atomic E-state index is 13.1. The Morgan fingerprint density at radius 1 is 0.909 bits per heavy atom. The van der Waals surface area contributed by atoms with Crippen LogP contribution in [0.5, 0.6) is 0 Å². The first kappa shape index (κ1) is 21.9. The molecule has 1 aliphatic rings. The Bertz CT molecular complexity index is 1360. The average Bonchev–Trinajstić information content (AvgIpc) is 3.22. The standard InChI is InChI=1S/C26H18Cl3N3O/c27-17-8-5-16(6-9-17)21-14-30-25(32-24(21)20-11-10-18(28)13-22(20)29)26(33)31-23-12-7-15-3-1-2-4-19(15)23/h1-6,8-11,13-14,23H,7,12H2,(H,31,33). The van der Waals surface area contributed by atoms with Gasteiger partial charge in [0.05, 0.1) is 16.8 Å². The van der Waals surface area contributed by atoms with E-state index in [4.69, 9.17) is 34.8 Å². The lowest BCUT2D eigenvalue weighted by Crippen LogP contribution is -2.29. The number of carbonyl (C=O) groups is 1. The molecule has 0 radical (unpaired) electrons. The van der Waals surface area contributed by atoms with Crippen LogP contribution in [0.3, 0.4) is 0 Å². The highest BCUT2D eigenvalue weighted by Gasteiger charge is 2.25. The second-order valence-electron chi connectivity index (χ2n) is 7.85. The van der Waals surface area contributed by atoms with Gasteiger partial charge in [-0.05, 0) is 59.9 Å². The van der Waals surface area contributed by atoms with Crippen LogP contribution in [0.2, 0.25) is 15.1 Å². The molecule has 1 unspecified atom stereocenters. The molecule has 1 N–H and O–H groups in total. The number of nitrogens with one attached hydrogen (secondary N) is 1. The maximum atomic E-state index is 13.1. The molecule has 1 atom stereocenters. The second kappa shape index (κ2) is 9.14. The Morgan fingerprint density at radius 2 is 1.67 bits per heavy atom. The zero-order valence-electron chi connectivity index (χ0n) is 17.4. The summed E-state index contributed by atoms with van der Waals surface area (Å²) in [7, 11) is 0. The van der Waals surface area contributed by atoms with Gasteiger partial charge < -0.3 is 5.32 Å². The predicted molar refractivity (Wildman–Crippen MR) is 133 cm³/mol. The summed E-state index contributed by atoms with van der Waals surface area (Å²) < 4.78 is 0. The molecule has 3 aromatic carbocycles. The number of rotatable bonds is 4. The molecule has 4 nitrogen and oxygen atoms in total. The first-order chi connectivity index (χ1) is 16.0. The average molecular weight is 495 g/mol. The first-order valence-electron chi connectivity index (χ1n) is 10.5. The van der Waals surface area contributed by atoms with E-state index in [1.165, 1.54) is 5.56 Å². The van der Waals surface area contributed by atoms with Crippen LogP contribution in [-0.2, 0) is 6.42 Å². The van der Waals surface area contributed by atoms with E-state index in [1.54, 1.807) is 36.5 Å². The van der Waals surface area contributed by atoms with E-state index in [2.05, 4.69) is 27.4 Å². The number of aryl methyl sites for hydroxylation is 1. The third kappa shape index (κ3) is 4.47. The molecule has 4 aromatic rings. The number of aromatic nitrogens is 2. The molecule has 1 aliphatic carbocycles. The number of amides is 1. The van der Waals surface area contributed by atoms with E-state index in [0.29, 0.717) is 26.3 Å². The highest BCUT2D eigenvalue weighted by molar-refractivity contribution is 6.36. The summed E-state index contributed by atoms with van der Waals surface area (Å²) in [6, 6.07) is 20.6. The van der Waals surface area contributed by atoms with Crippen molar-refractivity contribution in [3.63, 3.8) is 0 Å². The van der Waals surface area contributed by atoms with Crippen molar-refractivity contribution in [3.05, 3.63) is 105 Å². The Labute approximate surface area is 206 Å². The summed E-state index contributed by atoms with van der Waals surface area (Å²) in [6.45, 7) is 0. The Morgan fingerprint density at radius 3 is 2.45 bits per heavy atom. The molecule has 5 rings (SSSR count). The molecule has 1 aromatic heterocycles. The minimum atomic E-state index is -0.328. The minimum absolute atomic E-state index is 0.0594. The summed E-state index contributed by atoms with van der Waals surface area (Å²) in [4.78, 5) is 22.1. The second-order valence-corrected chi connectivity index (χ2v) is 9.13. The van der Waals surface area contributed by atoms with Crippen molar-refractivity contribution in [2.75, 3.05) is 0 Å². The van der Waals surface area contributed by atoms with Crippen LogP contribution in [0.15, 0.2) is 72.9 Å². The smallest absolute Gasteiger partial charge is 0.289 e. The third-order valence-corrected chi connectivity index (χ3v) is 6.57. The van der Waals surface area contributed by atoms with Crippen molar-refractivity contribution >= 4 is 40.7 Å². The van der Waals surface area contributed by atoms with Gasteiger partial charge in [-0.1, -0.05) is 71.2 Å². The van der Waals surface area contributed by atoms with Crippen LogP contribution in [0, 0.1) is 0 Å². The van der Waals surface area contributed by atoms with Gasteiger partial charge in [0.15, 0.2) is 0 Å². The molecule has 1 amide bonds. The lowest BCUT2D eigenvalue weighted by molar-refractivity contribution is 0.0926. The van der Waals surface area contributed by atoms with Gasteiger partial charge in [-0.25, -0.2) is 9.97 Å². The van der Waals surface area contributed by atoms with Crippen molar-refractivity contribution in [1.29, 1.82) is 0 Å². The van der Waals surface area contributed by atoms with Crippen LogP contribution in [0.25, 0.3) is 22.4 Å². The Kier molecular flexibility index (Phi) is 6.07.